The van der Waals surface area contributed by atoms with E-state index < -0.39 is 0 Å². The maximum absolute atomic E-state index is 9.94. The van der Waals surface area contributed by atoms with Gasteiger partial charge < -0.3 is 35.2 Å². The lowest BCUT2D eigenvalue weighted by atomic mass is 10.5. The van der Waals surface area contributed by atoms with E-state index in [0.717, 1.165) is 6.29 Å². The molecular weight excluding hydrogens is 278 g/mol. The fourth-order valence-electron chi connectivity index (χ4n) is 0.875. The largest absolute Gasteiger partial charge is 0.379 e. The van der Waals surface area contributed by atoms with Gasteiger partial charge in [0.2, 0.25) is 0 Å². The number of nitrogens with zero attached hydrogens (tertiary/aromatic N) is 1. The van der Waals surface area contributed by atoms with Crippen molar-refractivity contribution >= 4 is 6.29 Å². The Kier molecular flexibility index (Phi) is 23.4. The number of ether oxygens (including phenoxy) is 4. The third-order valence-electron chi connectivity index (χ3n) is 1.98. The normalized spacial score (nSPS) is 10.3. The van der Waals surface area contributed by atoms with Gasteiger partial charge in [0.15, 0.2) is 0 Å². The third kappa shape index (κ3) is 28.3. The predicted molar refractivity (Wildman–Crippen MR) is 80.9 cm³/mol. The first kappa shape index (κ1) is 22.7. The van der Waals surface area contributed by atoms with Gasteiger partial charge in [-0.05, 0) is 14.1 Å². The monoisotopic (exact) mass is 309 g/mol. The number of carbonyl (C=O) groups is 1. The van der Waals surface area contributed by atoms with Gasteiger partial charge in [0.1, 0.15) is 6.29 Å². The molecule has 8 nitrogen and oxygen atoms in total. The molecule has 0 aromatic heterocycles. The molecule has 0 unspecified atom stereocenters. The number of hydrogen-bond donors (Lipinski definition) is 2. The molecule has 0 amide bonds. The molecule has 0 aliphatic rings. The molecule has 0 bridgehead atoms. The Bertz CT molecular complexity index is 197. The lowest BCUT2D eigenvalue weighted by molar-refractivity contribution is -0.108. The van der Waals surface area contributed by atoms with E-state index in [4.69, 9.17) is 30.4 Å². The van der Waals surface area contributed by atoms with Crippen LogP contribution in [-0.4, -0.2) is 84.9 Å². The molecule has 0 aliphatic carbocycles. The zero-order valence-corrected chi connectivity index (χ0v) is 13.3. The van der Waals surface area contributed by atoms with Gasteiger partial charge in [-0.25, -0.2) is 0 Å². The van der Waals surface area contributed by atoms with E-state index in [-0.39, 0.29) is 6.73 Å². The van der Waals surface area contributed by atoms with Gasteiger partial charge in [-0.3, -0.25) is 4.90 Å². The summed E-state index contributed by atoms with van der Waals surface area (Å²) in [6.07, 6.45) is 1.27. The molecule has 128 valence electrons. The van der Waals surface area contributed by atoms with E-state index in [9.17, 15) is 4.79 Å². The maximum atomic E-state index is 9.94. The van der Waals surface area contributed by atoms with Crippen molar-refractivity contribution in [3.8, 4) is 0 Å². The van der Waals surface area contributed by atoms with Crippen LogP contribution in [0.3, 0.4) is 0 Å². The molecule has 4 N–H and O–H groups in total. The molecule has 0 rings (SSSR count). The van der Waals surface area contributed by atoms with Crippen LogP contribution in [0, 0.1) is 0 Å². The van der Waals surface area contributed by atoms with Crippen molar-refractivity contribution in [2.24, 2.45) is 11.5 Å². The quantitative estimate of drug-likeness (QED) is 0.239. The van der Waals surface area contributed by atoms with Gasteiger partial charge in [-0.2, -0.15) is 0 Å². The highest BCUT2D eigenvalue weighted by atomic mass is 16.6. The van der Waals surface area contributed by atoms with Gasteiger partial charge in [0, 0.05) is 13.1 Å². The van der Waals surface area contributed by atoms with Crippen molar-refractivity contribution in [1.29, 1.82) is 0 Å². The minimum Gasteiger partial charge on any atom is -0.379 e. The number of hydrogen-bond acceptors (Lipinski definition) is 8. The standard InChI is InChI=1S/C10H21NO5.C3H10N2/c11-10-16-9-8-15-7-6-14-5-4-13-3-1-2-12;1-5(2)3-4/h2H,1,3-11H2;3-4H2,1-2H3. The maximum Gasteiger partial charge on any atom is 0.122 e. The van der Waals surface area contributed by atoms with E-state index in [0.29, 0.717) is 59.3 Å². The number of rotatable bonds is 14. The molecule has 0 fully saturated rings. The molecule has 0 aromatic rings. The van der Waals surface area contributed by atoms with E-state index in [1.54, 1.807) is 0 Å². The SMILES string of the molecule is CN(C)CN.NCOCCOCCOCCOCCC=O. The number of carbonyl (C=O) groups excluding carboxylic acids is 1. The van der Waals surface area contributed by atoms with Crippen molar-refractivity contribution in [1.82, 2.24) is 4.90 Å². The molecule has 0 aromatic carbocycles. The lowest BCUT2D eigenvalue weighted by Gasteiger charge is -2.06. The zero-order chi connectivity index (χ0) is 16.2. The summed E-state index contributed by atoms with van der Waals surface area (Å²) in [5.74, 6) is 0. The molecule has 0 saturated heterocycles. The topological polar surface area (TPSA) is 109 Å². The van der Waals surface area contributed by atoms with Gasteiger partial charge in [-0.15, -0.1) is 0 Å². The summed E-state index contributed by atoms with van der Waals surface area (Å²) in [6.45, 7) is 4.42. The van der Waals surface area contributed by atoms with Crippen LogP contribution in [0.2, 0.25) is 0 Å². The summed E-state index contributed by atoms with van der Waals surface area (Å²) in [4.78, 5) is 11.8. The first-order chi connectivity index (χ1) is 10.2. The first-order valence-corrected chi connectivity index (χ1v) is 6.98. The van der Waals surface area contributed by atoms with E-state index in [1.165, 1.54) is 0 Å². The fourth-order valence-corrected chi connectivity index (χ4v) is 0.875. The minimum atomic E-state index is 0.220. The molecule has 0 heterocycles. The summed E-state index contributed by atoms with van der Waals surface area (Å²) in [7, 11) is 3.86. The van der Waals surface area contributed by atoms with Crippen LogP contribution in [0.25, 0.3) is 0 Å². The smallest absolute Gasteiger partial charge is 0.122 e. The fraction of sp³-hybridized carbons (Fsp3) is 0.923. The van der Waals surface area contributed by atoms with Crippen LogP contribution in [0.1, 0.15) is 6.42 Å². The van der Waals surface area contributed by atoms with Gasteiger partial charge in [0.05, 0.1) is 53.0 Å². The van der Waals surface area contributed by atoms with Crippen LogP contribution in [0.4, 0.5) is 0 Å². The van der Waals surface area contributed by atoms with Gasteiger partial charge in [0.25, 0.3) is 0 Å². The van der Waals surface area contributed by atoms with Crippen LogP contribution >= 0.6 is 0 Å². The number of nitrogens with two attached hydrogens (primary N) is 2. The van der Waals surface area contributed by atoms with Crippen LogP contribution in [0.5, 0.6) is 0 Å². The molecule has 0 aliphatic heterocycles. The Balaban J connectivity index is 0. The summed E-state index contributed by atoms with van der Waals surface area (Å²) in [5.41, 5.74) is 10.2. The first-order valence-electron chi connectivity index (χ1n) is 6.98. The minimum absolute atomic E-state index is 0.220. The number of aldehydes is 1. The second-order valence-electron chi connectivity index (χ2n) is 4.13. The molecule has 8 heteroatoms. The van der Waals surface area contributed by atoms with Crippen LogP contribution < -0.4 is 11.5 Å². The average Bonchev–Trinajstić information content (AvgIpc) is 2.49. The second-order valence-corrected chi connectivity index (χ2v) is 4.13. The molecule has 0 spiro atoms. The zero-order valence-electron chi connectivity index (χ0n) is 13.3. The van der Waals surface area contributed by atoms with Crippen molar-refractivity contribution in [2.75, 3.05) is 73.7 Å². The van der Waals surface area contributed by atoms with Crippen LogP contribution in [0.15, 0.2) is 0 Å². The molecule has 0 radical (unpaired) electrons. The van der Waals surface area contributed by atoms with E-state index in [2.05, 4.69) is 0 Å². The Morgan fingerprint density at radius 1 is 0.810 bits per heavy atom. The summed E-state index contributed by atoms with van der Waals surface area (Å²) in [6, 6.07) is 0. The lowest BCUT2D eigenvalue weighted by Crippen LogP contribution is -2.20. The van der Waals surface area contributed by atoms with Crippen molar-refractivity contribution in [3.05, 3.63) is 0 Å². The van der Waals surface area contributed by atoms with Crippen molar-refractivity contribution in [2.45, 2.75) is 6.42 Å². The van der Waals surface area contributed by atoms with Crippen molar-refractivity contribution in [3.63, 3.8) is 0 Å². The summed E-state index contributed by atoms with van der Waals surface area (Å²) >= 11 is 0. The summed E-state index contributed by atoms with van der Waals surface area (Å²) in [5, 5.41) is 0. The molecule has 0 atom stereocenters. The Hall–Kier alpha value is -0.610. The van der Waals surface area contributed by atoms with Gasteiger partial charge >= 0.3 is 0 Å². The second kappa shape index (κ2) is 21.7. The highest BCUT2D eigenvalue weighted by Gasteiger charge is 1.91. The summed E-state index contributed by atoms with van der Waals surface area (Å²) < 4.78 is 20.4. The van der Waals surface area contributed by atoms with Crippen LogP contribution in [-0.2, 0) is 23.7 Å². The molecular formula is C13H31N3O5. The molecule has 21 heavy (non-hydrogen) atoms. The highest BCUT2D eigenvalue weighted by Crippen LogP contribution is 1.83. The Morgan fingerprint density at radius 2 is 1.19 bits per heavy atom. The van der Waals surface area contributed by atoms with Crippen molar-refractivity contribution < 1.29 is 23.7 Å². The predicted octanol–water partition coefficient (Wildman–Crippen LogP) is -0.978. The Labute approximate surface area is 127 Å². The van der Waals surface area contributed by atoms with E-state index in [1.807, 2.05) is 19.0 Å². The Morgan fingerprint density at radius 3 is 1.52 bits per heavy atom. The highest BCUT2D eigenvalue weighted by molar-refractivity contribution is 5.49. The van der Waals surface area contributed by atoms with Gasteiger partial charge in [-0.1, -0.05) is 0 Å². The molecule has 0 saturated carbocycles. The van der Waals surface area contributed by atoms with E-state index >= 15 is 0 Å². The third-order valence-corrected chi connectivity index (χ3v) is 1.98. The average molecular weight is 309 g/mol.